The predicted octanol–water partition coefficient (Wildman–Crippen LogP) is 2.33. The van der Waals surface area contributed by atoms with Crippen molar-refractivity contribution in [2.24, 2.45) is 4.99 Å². The second-order valence-corrected chi connectivity index (χ2v) is 6.91. The lowest BCUT2D eigenvalue weighted by molar-refractivity contribution is 0.0963. The molecule has 0 bridgehead atoms. The number of hydrogen-bond acceptors (Lipinski definition) is 3. The van der Waals surface area contributed by atoms with Crippen LogP contribution in [0.15, 0.2) is 47.5 Å². The molecule has 0 saturated heterocycles. The van der Waals surface area contributed by atoms with Gasteiger partial charge in [0.15, 0.2) is 5.96 Å². The number of benzene rings is 2. The van der Waals surface area contributed by atoms with Crippen molar-refractivity contribution in [2.45, 2.75) is 19.9 Å². The molecule has 6 nitrogen and oxygen atoms in total. The van der Waals surface area contributed by atoms with E-state index in [9.17, 15) is 4.79 Å². The first-order chi connectivity index (χ1) is 13.4. The smallest absolute Gasteiger partial charge is 0.251 e. The van der Waals surface area contributed by atoms with Crippen LogP contribution in [-0.4, -0.2) is 46.6 Å². The minimum atomic E-state index is -0.0675. The Morgan fingerprint density at radius 3 is 2.57 bits per heavy atom. The fourth-order valence-electron chi connectivity index (χ4n) is 2.98. The van der Waals surface area contributed by atoms with Gasteiger partial charge in [0.2, 0.25) is 0 Å². The Kier molecular flexibility index (Phi) is 7.87. The number of amides is 1. The lowest BCUT2D eigenvalue weighted by atomic mass is 10.1. The average molecular weight is 382 g/mol. The van der Waals surface area contributed by atoms with Crippen molar-refractivity contribution in [1.29, 1.82) is 0 Å². The van der Waals surface area contributed by atoms with Crippen molar-refractivity contribution in [3.8, 4) is 0 Å². The maximum Gasteiger partial charge on any atom is 0.251 e. The number of carbonyl (C=O) groups is 1. The quantitative estimate of drug-likeness (QED) is 0.509. The molecule has 6 heteroatoms. The van der Waals surface area contributed by atoms with Crippen LogP contribution in [0.1, 0.15) is 27.0 Å². The Labute approximate surface area is 168 Å². The molecule has 2 aromatic carbocycles. The van der Waals surface area contributed by atoms with E-state index in [1.165, 1.54) is 16.8 Å². The van der Waals surface area contributed by atoms with Gasteiger partial charge in [0.1, 0.15) is 0 Å². The minimum Gasteiger partial charge on any atom is -0.377 e. The predicted molar refractivity (Wildman–Crippen MR) is 117 cm³/mol. The zero-order valence-electron chi connectivity index (χ0n) is 17.5. The zero-order chi connectivity index (χ0) is 20.5. The molecule has 150 valence electrons. The van der Waals surface area contributed by atoms with Gasteiger partial charge in [-0.1, -0.05) is 24.3 Å². The average Bonchev–Trinajstić information content (AvgIpc) is 2.70. The van der Waals surface area contributed by atoms with Crippen molar-refractivity contribution >= 4 is 17.6 Å². The van der Waals surface area contributed by atoms with Gasteiger partial charge < -0.3 is 20.9 Å². The molecule has 28 heavy (non-hydrogen) atoms. The molecular weight excluding hydrogens is 350 g/mol. The summed E-state index contributed by atoms with van der Waals surface area (Å²) in [6, 6.07) is 14.1. The highest BCUT2D eigenvalue weighted by Crippen LogP contribution is 2.20. The molecule has 0 aliphatic heterocycles. The summed E-state index contributed by atoms with van der Waals surface area (Å²) >= 11 is 0. The Hall–Kier alpha value is -3.02. The fraction of sp³-hybridized carbons (Fsp3) is 0.364. The van der Waals surface area contributed by atoms with Gasteiger partial charge in [-0.05, 0) is 48.2 Å². The Morgan fingerprint density at radius 2 is 1.89 bits per heavy atom. The normalized spacial score (nSPS) is 11.1. The van der Waals surface area contributed by atoms with E-state index < -0.39 is 0 Å². The Morgan fingerprint density at radius 1 is 1.11 bits per heavy atom. The van der Waals surface area contributed by atoms with Crippen LogP contribution in [0, 0.1) is 6.92 Å². The van der Waals surface area contributed by atoms with Gasteiger partial charge in [0.05, 0.1) is 0 Å². The molecule has 0 atom stereocenters. The summed E-state index contributed by atoms with van der Waals surface area (Å²) in [5.74, 6) is 0.690. The number of hydrogen-bond donors (Lipinski definition) is 3. The van der Waals surface area contributed by atoms with Gasteiger partial charge in [-0.15, -0.1) is 0 Å². The maximum absolute atomic E-state index is 11.8. The summed E-state index contributed by atoms with van der Waals surface area (Å²) in [5, 5.41) is 9.36. The van der Waals surface area contributed by atoms with E-state index in [0.29, 0.717) is 12.1 Å². The van der Waals surface area contributed by atoms with Gasteiger partial charge in [-0.3, -0.25) is 9.79 Å². The van der Waals surface area contributed by atoms with E-state index in [1.54, 1.807) is 14.1 Å². The second-order valence-electron chi connectivity index (χ2n) is 6.91. The molecule has 0 aliphatic rings. The van der Waals surface area contributed by atoms with E-state index in [2.05, 4.69) is 65.1 Å². The largest absolute Gasteiger partial charge is 0.377 e. The molecule has 0 saturated carbocycles. The molecule has 0 heterocycles. The summed E-state index contributed by atoms with van der Waals surface area (Å²) in [5.41, 5.74) is 5.45. The van der Waals surface area contributed by atoms with Crippen molar-refractivity contribution in [1.82, 2.24) is 16.0 Å². The molecule has 2 aromatic rings. The van der Waals surface area contributed by atoms with Crippen LogP contribution in [0.5, 0.6) is 0 Å². The first kappa shape index (κ1) is 21.3. The third-order valence-electron chi connectivity index (χ3n) is 4.51. The van der Waals surface area contributed by atoms with Crippen molar-refractivity contribution < 1.29 is 4.79 Å². The van der Waals surface area contributed by atoms with Gasteiger partial charge in [0, 0.05) is 52.5 Å². The zero-order valence-corrected chi connectivity index (χ0v) is 17.5. The van der Waals surface area contributed by atoms with Crippen LogP contribution >= 0.6 is 0 Å². The number of guanidine groups is 1. The summed E-state index contributed by atoms with van der Waals surface area (Å²) in [6.45, 7) is 3.52. The first-order valence-electron chi connectivity index (χ1n) is 9.47. The van der Waals surface area contributed by atoms with E-state index in [-0.39, 0.29) is 5.91 Å². The summed E-state index contributed by atoms with van der Waals surface area (Å²) in [7, 11) is 7.52. The number of rotatable bonds is 7. The highest BCUT2D eigenvalue weighted by atomic mass is 16.1. The highest BCUT2D eigenvalue weighted by molar-refractivity contribution is 5.94. The number of nitrogens with zero attached hydrogens (tertiary/aromatic N) is 2. The van der Waals surface area contributed by atoms with Crippen LogP contribution in [0.4, 0.5) is 5.69 Å². The number of anilines is 1. The Bertz CT molecular complexity index is 829. The number of aliphatic imine (C=N–C) groups is 1. The minimum absolute atomic E-state index is 0.0675. The number of aryl methyl sites for hydroxylation is 1. The van der Waals surface area contributed by atoms with Crippen LogP contribution in [0.2, 0.25) is 0 Å². The molecule has 2 rings (SSSR count). The van der Waals surface area contributed by atoms with Crippen molar-refractivity contribution in [3.05, 3.63) is 64.7 Å². The van der Waals surface area contributed by atoms with Crippen molar-refractivity contribution in [2.75, 3.05) is 39.6 Å². The Balaban J connectivity index is 1.90. The second kappa shape index (κ2) is 10.3. The third-order valence-corrected chi connectivity index (χ3v) is 4.51. The summed E-state index contributed by atoms with van der Waals surface area (Å²) in [6.07, 6.45) is 0.805. The van der Waals surface area contributed by atoms with Gasteiger partial charge in [0.25, 0.3) is 5.91 Å². The molecule has 0 aromatic heterocycles. The summed E-state index contributed by atoms with van der Waals surface area (Å²) in [4.78, 5) is 18.2. The van der Waals surface area contributed by atoms with Gasteiger partial charge in [-0.25, -0.2) is 0 Å². The molecule has 0 radical (unpaired) electrons. The van der Waals surface area contributed by atoms with E-state index in [0.717, 1.165) is 24.5 Å². The third kappa shape index (κ3) is 6.01. The maximum atomic E-state index is 11.8. The van der Waals surface area contributed by atoms with Crippen LogP contribution in [0.3, 0.4) is 0 Å². The van der Waals surface area contributed by atoms with Crippen LogP contribution in [-0.2, 0) is 13.0 Å². The van der Waals surface area contributed by atoms with Crippen LogP contribution in [0.25, 0.3) is 0 Å². The van der Waals surface area contributed by atoms with Crippen LogP contribution < -0.4 is 20.9 Å². The molecular formula is C22H31N5O. The van der Waals surface area contributed by atoms with E-state index in [4.69, 9.17) is 0 Å². The molecule has 1 amide bonds. The lowest BCUT2D eigenvalue weighted by Gasteiger charge is -2.19. The molecule has 0 unspecified atom stereocenters. The SMILES string of the molecule is CN=C(NCCc1cccc(C(=O)NC)c1)NCc1ccc(C)cc1N(C)C. The molecule has 0 aliphatic carbocycles. The standard InChI is InChI=1S/C22H31N5O/c1-16-9-10-19(20(13-16)27(4)5)15-26-22(24-3)25-12-11-17-7-6-8-18(14-17)21(28)23-2/h6-10,13-14H,11-12,15H2,1-5H3,(H,23,28)(H2,24,25,26). The van der Waals surface area contributed by atoms with E-state index >= 15 is 0 Å². The lowest BCUT2D eigenvalue weighted by Crippen LogP contribution is -2.38. The molecule has 0 spiro atoms. The fourth-order valence-corrected chi connectivity index (χ4v) is 2.98. The number of carbonyl (C=O) groups excluding carboxylic acids is 1. The van der Waals surface area contributed by atoms with Crippen molar-refractivity contribution in [3.63, 3.8) is 0 Å². The van der Waals surface area contributed by atoms with Gasteiger partial charge in [-0.2, -0.15) is 0 Å². The molecule has 3 N–H and O–H groups in total. The first-order valence-corrected chi connectivity index (χ1v) is 9.47. The van der Waals surface area contributed by atoms with E-state index in [1.807, 2.05) is 24.3 Å². The number of nitrogens with one attached hydrogen (secondary N) is 3. The summed E-state index contributed by atoms with van der Waals surface area (Å²) < 4.78 is 0. The highest BCUT2D eigenvalue weighted by Gasteiger charge is 2.07. The molecule has 0 fully saturated rings. The monoisotopic (exact) mass is 381 g/mol. The van der Waals surface area contributed by atoms with Gasteiger partial charge >= 0.3 is 0 Å². The topological polar surface area (TPSA) is 68.8 Å².